The number of hydrogen-bond donors (Lipinski definition) is 1. The van der Waals surface area contributed by atoms with Crippen molar-refractivity contribution in [1.82, 2.24) is 10.2 Å². The molecule has 0 bridgehead atoms. The van der Waals surface area contributed by atoms with Crippen molar-refractivity contribution in [2.45, 2.75) is 19.0 Å². The molecular weight excluding hydrogens is 371 g/mol. The Hall–Kier alpha value is -2.17. The molecule has 0 fully saturated rings. The molecule has 0 aliphatic carbocycles. The van der Waals surface area contributed by atoms with Crippen LogP contribution in [0, 0.1) is 0 Å². The van der Waals surface area contributed by atoms with Crippen LogP contribution in [0.4, 0.5) is 4.79 Å². The van der Waals surface area contributed by atoms with Crippen LogP contribution < -0.4 is 10.1 Å². The Morgan fingerprint density at radius 2 is 2.00 bits per heavy atom. The van der Waals surface area contributed by atoms with E-state index in [0.29, 0.717) is 23.0 Å². The minimum atomic E-state index is -0.241. The van der Waals surface area contributed by atoms with Crippen LogP contribution in [0.5, 0.6) is 5.75 Å². The Balaban J connectivity index is 2.11. The first-order chi connectivity index (χ1) is 12.5. The van der Waals surface area contributed by atoms with Crippen LogP contribution in [0.25, 0.3) is 0 Å². The third-order valence-corrected chi connectivity index (χ3v) is 4.73. The number of amides is 2. The van der Waals surface area contributed by atoms with Gasteiger partial charge in [-0.25, -0.2) is 4.79 Å². The predicted octanol–water partition coefficient (Wildman–Crippen LogP) is 5.46. The van der Waals surface area contributed by atoms with E-state index >= 15 is 0 Å². The molecule has 2 aromatic carbocycles. The van der Waals surface area contributed by atoms with Crippen molar-refractivity contribution in [3.8, 4) is 5.75 Å². The number of urea groups is 1. The third kappa shape index (κ3) is 5.16. The van der Waals surface area contributed by atoms with Gasteiger partial charge in [0.1, 0.15) is 5.75 Å². The predicted molar refractivity (Wildman–Crippen MR) is 107 cm³/mol. The average molecular weight is 393 g/mol. The van der Waals surface area contributed by atoms with Gasteiger partial charge in [0.25, 0.3) is 0 Å². The molecule has 0 saturated carbocycles. The summed E-state index contributed by atoms with van der Waals surface area (Å²) in [6.45, 7) is 4.20. The van der Waals surface area contributed by atoms with E-state index in [4.69, 9.17) is 27.9 Å². The van der Waals surface area contributed by atoms with Gasteiger partial charge in [0.05, 0.1) is 29.7 Å². The summed E-state index contributed by atoms with van der Waals surface area (Å²) in [7, 11) is 3.35. The monoisotopic (exact) mass is 392 g/mol. The lowest BCUT2D eigenvalue weighted by Crippen LogP contribution is -2.39. The Morgan fingerprint density at radius 1 is 1.27 bits per heavy atom. The second kappa shape index (κ2) is 9.51. The van der Waals surface area contributed by atoms with E-state index in [-0.39, 0.29) is 12.1 Å². The number of halogens is 2. The SMILES string of the molecule is C=CC[C@H](NC(=O)N(C)Cc1ccccc1OC)c1ccc(Cl)c(Cl)c1. The van der Waals surface area contributed by atoms with E-state index in [1.165, 1.54) is 0 Å². The van der Waals surface area contributed by atoms with E-state index in [9.17, 15) is 4.79 Å². The molecule has 1 atom stereocenters. The molecule has 0 aliphatic rings. The van der Waals surface area contributed by atoms with Crippen molar-refractivity contribution in [2.75, 3.05) is 14.2 Å². The summed E-state index contributed by atoms with van der Waals surface area (Å²) in [4.78, 5) is 14.2. The first-order valence-electron chi connectivity index (χ1n) is 8.15. The fourth-order valence-corrected chi connectivity index (χ4v) is 2.90. The van der Waals surface area contributed by atoms with E-state index in [0.717, 1.165) is 16.9 Å². The van der Waals surface area contributed by atoms with Crippen molar-refractivity contribution >= 4 is 29.2 Å². The van der Waals surface area contributed by atoms with Crippen LogP contribution in [0.2, 0.25) is 10.0 Å². The molecule has 6 heteroatoms. The molecule has 138 valence electrons. The summed E-state index contributed by atoms with van der Waals surface area (Å²) in [5.74, 6) is 0.749. The summed E-state index contributed by atoms with van der Waals surface area (Å²) in [5, 5.41) is 3.94. The molecule has 0 radical (unpaired) electrons. The lowest BCUT2D eigenvalue weighted by molar-refractivity contribution is 0.202. The molecule has 2 aromatic rings. The second-order valence-electron chi connectivity index (χ2n) is 5.87. The number of ether oxygens (including phenoxy) is 1. The van der Waals surface area contributed by atoms with E-state index in [1.807, 2.05) is 30.3 Å². The molecular formula is C20H22Cl2N2O2. The minimum absolute atomic E-state index is 0.200. The molecule has 0 unspecified atom stereocenters. The van der Waals surface area contributed by atoms with Gasteiger partial charge < -0.3 is 15.0 Å². The summed E-state index contributed by atoms with van der Waals surface area (Å²) in [6.07, 6.45) is 2.33. The van der Waals surface area contributed by atoms with Gasteiger partial charge >= 0.3 is 6.03 Å². The van der Waals surface area contributed by atoms with Gasteiger partial charge in [0.2, 0.25) is 0 Å². The number of benzene rings is 2. The highest BCUT2D eigenvalue weighted by molar-refractivity contribution is 6.42. The molecule has 0 aliphatic heterocycles. The molecule has 0 spiro atoms. The van der Waals surface area contributed by atoms with Crippen molar-refractivity contribution in [3.63, 3.8) is 0 Å². The van der Waals surface area contributed by atoms with Gasteiger partial charge in [-0.05, 0) is 30.2 Å². The quantitative estimate of drug-likeness (QED) is 0.635. The summed E-state index contributed by atoms with van der Waals surface area (Å²) in [5.41, 5.74) is 1.81. The molecule has 1 N–H and O–H groups in total. The van der Waals surface area contributed by atoms with Crippen molar-refractivity contribution in [2.24, 2.45) is 0 Å². The number of para-hydroxylation sites is 1. The average Bonchev–Trinajstić information content (AvgIpc) is 2.64. The number of hydrogen-bond acceptors (Lipinski definition) is 2. The Morgan fingerprint density at radius 3 is 2.65 bits per heavy atom. The summed E-state index contributed by atoms with van der Waals surface area (Å²) >= 11 is 12.1. The molecule has 0 saturated heterocycles. The molecule has 2 rings (SSSR count). The number of rotatable bonds is 7. The maximum Gasteiger partial charge on any atom is 0.317 e. The van der Waals surface area contributed by atoms with Gasteiger partial charge in [0.15, 0.2) is 0 Å². The third-order valence-electron chi connectivity index (χ3n) is 3.99. The van der Waals surface area contributed by atoms with Crippen LogP contribution in [0.1, 0.15) is 23.6 Å². The zero-order valence-corrected chi connectivity index (χ0v) is 16.3. The van der Waals surface area contributed by atoms with Crippen LogP contribution in [0.15, 0.2) is 55.1 Å². The zero-order chi connectivity index (χ0) is 19.1. The van der Waals surface area contributed by atoms with E-state index in [1.54, 1.807) is 37.3 Å². The molecule has 0 aromatic heterocycles. The van der Waals surface area contributed by atoms with Crippen LogP contribution in [-0.4, -0.2) is 25.1 Å². The van der Waals surface area contributed by atoms with Gasteiger partial charge in [-0.15, -0.1) is 6.58 Å². The largest absolute Gasteiger partial charge is 0.496 e. The standard InChI is InChI=1S/C20H22Cl2N2O2/c1-4-7-18(14-10-11-16(21)17(22)12-14)23-20(25)24(2)13-15-8-5-6-9-19(15)26-3/h4-6,8-12,18H,1,7,13H2,2-3H3,(H,23,25)/t18-/m0/s1. The number of carbonyl (C=O) groups is 1. The van der Waals surface area contributed by atoms with Gasteiger partial charge in [0, 0.05) is 12.6 Å². The minimum Gasteiger partial charge on any atom is -0.496 e. The lowest BCUT2D eigenvalue weighted by Gasteiger charge is -2.24. The van der Waals surface area contributed by atoms with Crippen LogP contribution in [-0.2, 0) is 6.54 Å². The molecule has 0 heterocycles. The smallest absolute Gasteiger partial charge is 0.317 e. The van der Waals surface area contributed by atoms with Gasteiger partial charge in [-0.1, -0.05) is 53.5 Å². The highest BCUT2D eigenvalue weighted by Gasteiger charge is 2.18. The fourth-order valence-electron chi connectivity index (χ4n) is 2.59. The van der Waals surface area contributed by atoms with Crippen molar-refractivity contribution in [3.05, 3.63) is 76.3 Å². The fraction of sp³-hybridized carbons (Fsp3) is 0.250. The van der Waals surface area contributed by atoms with Crippen molar-refractivity contribution in [1.29, 1.82) is 0 Å². The Kier molecular flexibility index (Phi) is 7.37. The van der Waals surface area contributed by atoms with E-state index in [2.05, 4.69) is 11.9 Å². The van der Waals surface area contributed by atoms with Gasteiger partial charge in [-0.3, -0.25) is 0 Å². The normalized spacial score (nSPS) is 11.5. The Bertz CT molecular complexity index is 780. The topological polar surface area (TPSA) is 41.6 Å². The first kappa shape index (κ1) is 20.1. The van der Waals surface area contributed by atoms with Crippen molar-refractivity contribution < 1.29 is 9.53 Å². The lowest BCUT2D eigenvalue weighted by atomic mass is 10.0. The summed E-state index contributed by atoms with van der Waals surface area (Å²) < 4.78 is 5.34. The van der Waals surface area contributed by atoms with Crippen LogP contribution in [0.3, 0.4) is 0 Å². The van der Waals surface area contributed by atoms with Gasteiger partial charge in [-0.2, -0.15) is 0 Å². The van der Waals surface area contributed by atoms with Crippen LogP contribution >= 0.6 is 23.2 Å². The number of carbonyl (C=O) groups excluding carboxylic acids is 1. The molecule has 4 nitrogen and oxygen atoms in total. The maximum atomic E-state index is 12.6. The highest BCUT2D eigenvalue weighted by atomic mass is 35.5. The molecule has 26 heavy (non-hydrogen) atoms. The number of methoxy groups -OCH3 is 1. The maximum absolute atomic E-state index is 12.6. The molecule has 2 amide bonds. The number of nitrogens with one attached hydrogen (secondary N) is 1. The number of nitrogens with zero attached hydrogens (tertiary/aromatic N) is 1. The van der Waals surface area contributed by atoms with E-state index < -0.39 is 0 Å². The first-order valence-corrected chi connectivity index (χ1v) is 8.91. The highest BCUT2D eigenvalue weighted by Crippen LogP contribution is 2.27. The summed E-state index contributed by atoms with van der Waals surface area (Å²) in [6, 6.07) is 12.5. The zero-order valence-electron chi connectivity index (χ0n) is 14.8. The Labute approximate surface area is 164 Å². The second-order valence-corrected chi connectivity index (χ2v) is 6.68.